The Morgan fingerprint density at radius 1 is 1.26 bits per heavy atom. The molecule has 2 unspecified atom stereocenters. The van der Waals surface area contributed by atoms with Gasteiger partial charge in [0.05, 0.1) is 19.6 Å². The van der Waals surface area contributed by atoms with Crippen LogP contribution in [0.5, 0.6) is 0 Å². The molecule has 2 rings (SSSR count). The summed E-state index contributed by atoms with van der Waals surface area (Å²) in [6.45, 7) is 0.149. The highest BCUT2D eigenvalue weighted by Gasteiger charge is 2.34. The molecule has 0 radical (unpaired) electrons. The third-order valence-corrected chi connectivity index (χ3v) is 3.22. The summed E-state index contributed by atoms with van der Waals surface area (Å²) in [6.07, 6.45) is 1.83. The fourth-order valence-corrected chi connectivity index (χ4v) is 2.22. The molecule has 0 saturated carbocycles. The molecule has 1 aliphatic rings. The van der Waals surface area contributed by atoms with Crippen molar-refractivity contribution < 1.29 is 22.7 Å². The maximum atomic E-state index is 13.8. The number of methoxy groups -OCH3 is 1. The lowest BCUT2D eigenvalue weighted by atomic mass is 9.82. The molecule has 0 aromatic heterocycles. The Balaban J connectivity index is 2.41. The highest BCUT2D eigenvalue weighted by molar-refractivity contribution is 5.76. The van der Waals surface area contributed by atoms with Gasteiger partial charge in [-0.05, 0) is 24.3 Å². The monoisotopic (exact) mass is 271 g/mol. The fourth-order valence-electron chi connectivity index (χ4n) is 2.22. The average molecular weight is 271 g/mol. The molecule has 0 fully saturated rings. The first-order valence-electron chi connectivity index (χ1n) is 5.75. The third kappa shape index (κ3) is 2.62. The van der Waals surface area contributed by atoms with Crippen LogP contribution in [0.1, 0.15) is 17.9 Å². The van der Waals surface area contributed by atoms with Gasteiger partial charge in [0, 0.05) is 12.0 Å². The summed E-state index contributed by atoms with van der Waals surface area (Å²) in [5, 5.41) is 0. The molecule has 1 heterocycles. The van der Waals surface area contributed by atoms with E-state index in [1.807, 2.05) is 0 Å². The minimum Gasteiger partial charge on any atom is -0.469 e. The van der Waals surface area contributed by atoms with Crippen LogP contribution in [0.4, 0.5) is 13.2 Å². The molecule has 0 aliphatic carbocycles. The van der Waals surface area contributed by atoms with Crippen LogP contribution >= 0.6 is 0 Å². The molecule has 0 amide bonds. The van der Waals surface area contributed by atoms with E-state index in [2.05, 4.69) is 9.73 Å². The molecule has 1 aliphatic heterocycles. The predicted molar refractivity (Wildman–Crippen MR) is 62.5 cm³/mol. The first kappa shape index (κ1) is 13.6. The van der Waals surface area contributed by atoms with Gasteiger partial charge >= 0.3 is 5.97 Å². The Kier molecular flexibility index (Phi) is 3.87. The zero-order valence-corrected chi connectivity index (χ0v) is 10.2. The first-order valence-corrected chi connectivity index (χ1v) is 5.75. The molecule has 1 aromatic rings. The Labute approximate surface area is 108 Å². The van der Waals surface area contributed by atoms with E-state index in [-0.39, 0.29) is 18.5 Å². The van der Waals surface area contributed by atoms with Crippen LogP contribution in [-0.4, -0.2) is 25.8 Å². The van der Waals surface area contributed by atoms with Gasteiger partial charge in [0.2, 0.25) is 0 Å². The zero-order valence-electron chi connectivity index (χ0n) is 10.2. The second-order valence-electron chi connectivity index (χ2n) is 4.31. The van der Waals surface area contributed by atoms with Gasteiger partial charge in [0.25, 0.3) is 0 Å². The molecule has 0 spiro atoms. The maximum Gasteiger partial charge on any atom is 0.311 e. The zero-order chi connectivity index (χ0) is 14.0. The Morgan fingerprint density at radius 3 is 2.63 bits per heavy atom. The summed E-state index contributed by atoms with van der Waals surface area (Å²) in [6, 6.07) is 1.29. The number of ether oxygens (including phenoxy) is 1. The number of benzene rings is 1. The van der Waals surface area contributed by atoms with Crippen LogP contribution in [0.3, 0.4) is 0 Å². The number of hydrogen-bond donors (Lipinski definition) is 0. The van der Waals surface area contributed by atoms with Crippen molar-refractivity contribution in [1.82, 2.24) is 0 Å². The van der Waals surface area contributed by atoms with Crippen LogP contribution in [0.15, 0.2) is 17.1 Å². The highest BCUT2D eigenvalue weighted by Crippen LogP contribution is 2.33. The molecule has 2 atom stereocenters. The van der Waals surface area contributed by atoms with Crippen molar-refractivity contribution in [3.05, 3.63) is 35.1 Å². The molecule has 19 heavy (non-hydrogen) atoms. The highest BCUT2D eigenvalue weighted by atomic mass is 19.2. The summed E-state index contributed by atoms with van der Waals surface area (Å²) in [5.41, 5.74) is -0.0274. The molecule has 3 nitrogen and oxygen atoms in total. The molecule has 1 aromatic carbocycles. The van der Waals surface area contributed by atoms with Gasteiger partial charge in [-0.25, -0.2) is 13.2 Å². The lowest BCUT2D eigenvalue weighted by Gasteiger charge is -2.26. The molecular formula is C13H12F3NO2. The van der Waals surface area contributed by atoms with Gasteiger partial charge in [0.15, 0.2) is 11.6 Å². The molecule has 0 bridgehead atoms. The molecule has 6 heteroatoms. The number of hydrogen-bond acceptors (Lipinski definition) is 3. The number of aliphatic imine (C=N–C) groups is 1. The smallest absolute Gasteiger partial charge is 0.311 e. The lowest BCUT2D eigenvalue weighted by molar-refractivity contribution is -0.145. The van der Waals surface area contributed by atoms with Crippen molar-refractivity contribution in [3.63, 3.8) is 0 Å². The van der Waals surface area contributed by atoms with Gasteiger partial charge in [0.1, 0.15) is 5.82 Å². The van der Waals surface area contributed by atoms with Gasteiger partial charge in [-0.1, -0.05) is 0 Å². The normalized spacial score (nSPS) is 22.3. The standard InChI is InChI=1S/C13H12F3NO2/c1-19-13(18)9-6-17-3-2-7(9)8-4-11(15)12(16)5-10(8)14/h3-5,7,9H,2,6H2,1H3. The van der Waals surface area contributed by atoms with Crippen molar-refractivity contribution in [1.29, 1.82) is 0 Å². The summed E-state index contributed by atoms with van der Waals surface area (Å²) >= 11 is 0. The van der Waals surface area contributed by atoms with Crippen LogP contribution in [0.25, 0.3) is 0 Å². The van der Waals surface area contributed by atoms with E-state index < -0.39 is 35.3 Å². The Hall–Kier alpha value is -1.85. The predicted octanol–water partition coefficient (Wildman–Crippen LogP) is 2.45. The third-order valence-electron chi connectivity index (χ3n) is 3.22. The fraction of sp³-hybridized carbons (Fsp3) is 0.385. The van der Waals surface area contributed by atoms with E-state index >= 15 is 0 Å². The van der Waals surface area contributed by atoms with Crippen molar-refractivity contribution >= 4 is 12.2 Å². The number of esters is 1. The number of carbonyl (C=O) groups excluding carboxylic acids is 1. The van der Waals surface area contributed by atoms with Gasteiger partial charge < -0.3 is 4.74 Å². The van der Waals surface area contributed by atoms with E-state index in [0.29, 0.717) is 6.07 Å². The number of carbonyl (C=O) groups is 1. The summed E-state index contributed by atoms with van der Waals surface area (Å²) < 4.78 is 44.5. The molecule has 102 valence electrons. The second-order valence-corrected chi connectivity index (χ2v) is 4.31. The van der Waals surface area contributed by atoms with E-state index in [0.717, 1.165) is 6.07 Å². The quantitative estimate of drug-likeness (QED) is 0.612. The largest absolute Gasteiger partial charge is 0.469 e. The van der Waals surface area contributed by atoms with E-state index in [1.54, 1.807) is 6.21 Å². The minimum absolute atomic E-state index is 0.0274. The van der Waals surface area contributed by atoms with Crippen molar-refractivity contribution in [2.24, 2.45) is 10.9 Å². The molecule has 0 N–H and O–H groups in total. The van der Waals surface area contributed by atoms with Gasteiger partial charge in [-0.2, -0.15) is 0 Å². The maximum absolute atomic E-state index is 13.8. The SMILES string of the molecule is COC(=O)C1CN=CCC1c1cc(F)c(F)cc1F. The minimum atomic E-state index is -1.25. The molecular weight excluding hydrogens is 259 g/mol. The van der Waals surface area contributed by atoms with Crippen molar-refractivity contribution in [3.8, 4) is 0 Å². The topological polar surface area (TPSA) is 38.7 Å². The first-order chi connectivity index (χ1) is 9.04. The van der Waals surface area contributed by atoms with Crippen LogP contribution in [0.2, 0.25) is 0 Å². The Morgan fingerprint density at radius 2 is 1.95 bits per heavy atom. The number of halogens is 3. The Bertz CT molecular complexity index is 531. The van der Waals surface area contributed by atoms with Crippen LogP contribution < -0.4 is 0 Å². The number of rotatable bonds is 2. The van der Waals surface area contributed by atoms with E-state index in [4.69, 9.17) is 0 Å². The number of nitrogens with zero attached hydrogens (tertiary/aromatic N) is 1. The van der Waals surface area contributed by atoms with Crippen LogP contribution in [-0.2, 0) is 9.53 Å². The van der Waals surface area contributed by atoms with E-state index in [9.17, 15) is 18.0 Å². The van der Waals surface area contributed by atoms with Crippen molar-refractivity contribution in [2.45, 2.75) is 12.3 Å². The summed E-state index contributed by atoms with van der Waals surface area (Å²) in [4.78, 5) is 15.6. The second kappa shape index (κ2) is 5.42. The van der Waals surface area contributed by atoms with Crippen molar-refractivity contribution in [2.75, 3.05) is 13.7 Å². The van der Waals surface area contributed by atoms with E-state index in [1.165, 1.54) is 7.11 Å². The van der Waals surface area contributed by atoms with Crippen LogP contribution in [0, 0.1) is 23.4 Å². The molecule has 0 saturated heterocycles. The summed E-state index contributed by atoms with van der Waals surface area (Å²) in [7, 11) is 1.22. The summed E-state index contributed by atoms with van der Waals surface area (Å²) in [5.74, 6) is -5.07. The van der Waals surface area contributed by atoms with Gasteiger partial charge in [-0.3, -0.25) is 9.79 Å². The lowest BCUT2D eigenvalue weighted by Crippen LogP contribution is -2.30. The van der Waals surface area contributed by atoms with Gasteiger partial charge in [-0.15, -0.1) is 0 Å². The average Bonchev–Trinajstić information content (AvgIpc) is 2.42.